The molecule has 134 valence electrons. The van der Waals surface area contributed by atoms with Gasteiger partial charge in [0.1, 0.15) is 11.5 Å². The maximum Gasteiger partial charge on any atom is 0.417 e. The van der Waals surface area contributed by atoms with E-state index in [0.29, 0.717) is 22.4 Å². The van der Waals surface area contributed by atoms with Gasteiger partial charge in [0.05, 0.1) is 12.6 Å². The van der Waals surface area contributed by atoms with Crippen LogP contribution in [0.1, 0.15) is 11.1 Å². The van der Waals surface area contributed by atoms with Crippen LogP contribution in [0.3, 0.4) is 0 Å². The zero-order valence-corrected chi connectivity index (χ0v) is 14.7. The minimum atomic E-state index is -1.63. The predicted molar refractivity (Wildman–Crippen MR) is 98.8 cm³/mol. The Bertz CT molecular complexity index is 1020. The summed E-state index contributed by atoms with van der Waals surface area (Å²) in [5.41, 5.74) is 7.64. The Morgan fingerprint density at radius 2 is 2.04 bits per heavy atom. The summed E-state index contributed by atoms with van der Waals surface area (Å²) in [7, 11) is 1.56. The van der Waals surface area contributed by atoms with Gasteiger partial charge in [0, 0.05) is 11.6 Å². The van der Waals surface area contributed by atoms with Gasteiger partial charge in [-0.15, -0.1) is 0 Å². The zero-order valence-electron chi connectivity index (χ0n) is 13.9. The highest BCUT2D eigenvalue weighted by Gasteiger charge is 2.21. The first-order chi connectivity index (χ1) is 12.5. The van der Waals surface area contributed by atoms with Gasteiger partial charge in [-0.25, -0.2) is 4.79 Å². The summed E-state index contributed by atoms with van der Waals surface area (Å²) in [5, 5.41) is 0. The van der Waals surface area contributed by atoms with E-state index in [9.17, 15) is 14.1 Å². The van der Waals surface area contributed by atoms with Crippen LogP contribution in [0.5, 0.6) is 5.75 Å². The van der Waals surface area contributed by atoms with E-state index in [1.54, 1.807) is 49.6 Å². The first-order valence-corrected chi connectivity index (χ1v) is 8.94. The number of carbonyl (C=O) groups excluding carboxylic acids is 1. The van der Waals surface area contributed by atoms with Gasteiger partial charge in [-0.2, -0.15) is 0 Å². The number of hydrogen-bond donors (Lipinski definition) is 2. The third-order valence-electron chi connectivity index (χ3n) is 3.69. The van der Waals surface area contributed by atoms with E-state index in [0.717, 1.165) is 5.56 Å². The lowest BCUT2D eigenvalue weighted by Gasteiger charge is -2.12. The van der Waals surface area contributed by atoms with Crippen LogP contribution in [0.25, 0.3) is 17.2 Å². The molecule has 1 heterocycles. The third-order valence-corrected chi connectivity index (χ3v) is 5.09. The van der Waals surface area contributed by atoms with Gasteiger partial charge in [0.2, 0.25) is 4.91 Å². The van der Waals surface area contributed by atoms with E-state index in [-0.39, 0.29) is 10.7 Å². The number of aromatic nitrogens is 1. The van der Waals surface area contributed by atoms with Crippen molar-refractivity contribution in [1.82, 2.24) is 4.98 Å². The van der Waals surface area contributed by atoms with E-state index >= 15 is 0 Å². The number of rotatable bonds is 6. The second-order valence-corrected chi connectivity index (χ2v) is 6.90. The Morgan fingerprint density at radius 3 is 2.69 bits per heavy atom. The minimum absolute atomic E-state index is 0.00832. The normalized spacial score (nSPS) is 12.9. The monoisotopic (exact) mass is 372 g/mol. The quantitative estimate of drug-likeness (QED) is 0.506. The molecule has 8 heteroatoms. The van der Waals surface area contributed by atoms with Crippen molar-refractivity contribution in [2.75, 3.05) is 7.11 Å². The van der Waals surface area contributed by atoms with Gasteiger partial charge in [-0.05, 0) is 41.0 Å². The third kappa shape index (κ3) is 3.98. The van der Waals surface area contributed by atoms with Crippen LogP contribution < -0.4 is 16.2 Å². The number of amides is 1. The van der Waals surface area contributed by atoms with Gasteiger partial charge >= 0.3 is 5.76 Å². The lowest BCUT2D eigenvalue weighted by molar-refractivity contribution is -0.113. The molecule has 0 aliphatic carbocycles. The molecule has 3 rings (SSSR count). The predicted octanol–water partition coefficient (Wildman–Crippen LogP) is 1.90. The molecule has 1 amide bonds. The molecule has 0 spiro atoms. The molecule has 1 atom stereocenters. The SMILES string of the molecule is COc1ccc(C[S+]([O-])/C(=C/c2ccc3oc(=O)[nH]c3c2)C(N)=O)cc1. The molecular weight excluding hydrogens is 356 g/mol. The van der Waals surface area contributed by atoms with E-state index in [4.69, 9.17) is 14.9 Å². The van der Waals surface area contributed by atoms with E-state index < -0.39 is 22.8 Å². The number of fused-ring (bicyclic) bond motifs is 1. The Morgan fingerprint density at radius 1 is 1.31 bits per heavy atom. The summed E-state index contributed by atoms with van der Waals surface area (Å²) < 4.78 is 22.6. The van der Waals surface area contributed by atoms with Crippen molar-refractivity contribution >= 4 is 34.3 Å². The summed E-state index contributed by atoms with van der Waals surface area (Å²) in [6.45, 7) is 0. The van der Waals surface area contributed by atoms with Gasteiger partial charge in [0.25, 0.3) is 5.91 Å². The number of hydrogen-bond acceptors (Lipinski definition) is 5. The lowest BCUT2D eigenvalue weighted by atomic mass is 10.2. The first-order valence-electron chi connectivity index (χ1n) is 7.62. The molecule has 0 bridgehead atoms. The van der Waals surface area contributed by atoms with Crippen LogP contribution in [0.2, 0.25) is 0 Å². The van der Waals surface area contributed by atoms with Gasteiger partial charge < -0.3 is 19.4 Å². The van der Waals surface area contributed by atoms with Crippen LogP contribution in [0.4, 0.5) is 0 Å². The van der Waals surface area contributed by atoms with Crippen molar-refractivity contribution in [3.8, 4) is 5.75 Å². The Balaban J connectivity index is 1.87. The molecule has 0 radical (unpaired) electrons. The van der Waals surface area contributed by atoms with Gasteiger partial charge in [-0.3, -0.25) is 9.78 Å². The lowest BCUT2D eigenvalue weighted by Crippen LogP contribution is -2.22. The molecule has 3 N–H and O–H groups in total. The summed E-state index contributed by atoms with van der Waals surface area (Å²) in [4.78, 5) is 25.5. The fourth-order valence-corrected chi connectivity index (χ4v) is 3.55. The number of carbonyl (C=O) groups is 1. The summed E-state index contributed by atoms with van der Waals surface area (Å²) in [6.07, 6.45) is 1.45. The highest BCUT2D eigenvalue weighted by atomic mass is 32.2. The number of nitrogens with one attached hydrogen (secondary N) is 1. The number of oxazole rings is 1. The van der Waals surface area contributed by atoms with Crippen LogP contribution in [0, 0.1) is 0 Å². The number of ether oxygens (including phenoxy) is 1. The molecule has 1 aromatic heterocycles. The molecule has 26 heavy (non-hydrogen) atoms. The average Bonchev–Trinajstić information content (AvgIpc) is 2.99. The number of nitrogens with two attached hydrogens (primary N) is 1. The van der Waals surface area contributed by atoms with Gasteiger partial charge in [0.15, 0.2) is 5.58 Å². The molecule has 7 nitrogen and oxygen atoms in total. The van der Waals surface area contributed by atoms with Crippen molar-refractivity contribution in [2.24, 2.45) is 5.73 Å². The number of benzene rings is 2. The van der Waals surface area contributed by atoms with Crippen molar-refractivity contribution in [1.29, 1.82) is 0 Å². The van der Waals surface area contributed by atoms with Crippen molar-refractivity contribution in [3.63, 3.8) is 0 Å². The Labute approximate surface area is 151 Å². The first kappa shape index (κ1) is 17.8. The largest absolute Gasteiger partial charge is 0.611 e. The number of methoxy groups -OCH3 is 1. The minimum Gasteiger partial charge on any atom is -0.611 e. The summed E-state index contributed by atoms with van der Waals surface area (Å²) >= 11 is -1.63. The molecule has 0 aliphatic heterocycles. The van der Waals surface area contributed by atoms with Gasteiger partial charge in [-0.1, -0.05) is 18.2 Å². The number of H-pyrrole nitrogens is 1. The van der Waals surface area contributed by atoms with E-state index in [1.807, 2.05) is 0 Å². The highest BCUT2D eigenvalue weighted by Crippen LogP contribution is 2.21. The second kappa shape index (κ2) is 7.51. The molecule has 3 aromatic rings. The molecular formula is C18H16N2O5S. The molecule has 0 saturated heterocycles. The number of aromatic amines is 1. The molecule has 0 fully saturated rings. The molecule has 2 aromatic carbocycles. The molecule has 0 aliphatic rings. The number of primary amides is 1. The van der Waals surface area contributed by atoms with Crippen LogP contribution in [0.15, 0.2) is 56.6 Å². The topological polar surface area (TPSA) is 121 Å². The molecule has 1 unspecified atom stereocenters. The molecule has 0 saturated carbocycles. The van der Waals surface area contributed by atoms with Crippen LogP contribution in [-0.4, -0.2) is 22.6 Å². The van der Waals surface area contributed by atoms with E-state index in [2.05, 4.69) is 4.98 Å². The smallest absolute Gasteiger partial charge is 0.417 e. The summed E-state index contributed by atoms with van der Waals surface area (Å²) in [5.74, 6) is -0.506. The van der Waals surface area contributed by atoms with Crippen molar-refractivity contribution in [3.05, 3.63) is 69.0 Å². The zero-order chi connectivity index (χ0) is 18.7. The fourth-order valence-electron chi connectivity index (χ4n) is 2.41. The maximum absolute atomic E-state index is 12.6. The van der Waals surface area contributed by atoms with Crippen LogP contribution >= 0.6 is 0 Å². The van der Waals surface area contributed by atoms with Crippen molar-refractivity contribution in [2.45, 2.75) is 5.75 Å². The Kier molecular flexibility index (Phi) is 5.15. The summed E-state index contributed by atoms with van der Waals surface area (Å²) in [6, 6.07) is 11.9. The Hall–Kier alpha value is -2.97. The van der Waals surface area contributed by atoms with Crippen LogP contribution in [-0.2, 0) is 21.7 Å². The van der Waals surface area contributed by atoms with Crippen molar-refractivity contribution < 1.29 is 18.5 Å². The highest BCUT2D eigenvalue weighted by molar-refractivity contribution is 7.95. The fraction of sp³-hybridized carbons (Fsp3) is 0.111. The standard InChI is InChI=1S/C18H16N2O5S/c1-24-13-5-2-11(3-6-13)10-26(23)16(17(19)21)9-12-4-7-15-14(8-12)20-18(22)25-15/h2-9H,10H2,1H3,(H2,19,21)(H,20,22)/b16-9+. The second-order valence-electron chi connectivity index (χ2n) is 5.48. The average molecular weight is 372 g/mol. The van der Waals surface area contributed by atoms with E-state index in [1.165, 1.54) is 6.08 Å². The maximum atomic E-state index is 12.6.